The van der Waals surface area contributed by atoms with Gasteiger partial charge in [0.05, 0.1) is 0 Å². The summed E-state index contributed by atoms with van der Waals surface area (Å²) in [6.07, 6.45) is -0.932. The van der Waals surface area contributed by atoms with E-state index in [1.807, 2.05) is 0 Å². The Labute approximate surface area is 127 Å². The summed E-state index contributed by atoms with van der Waals surface area (Å²) in [4.78, 5) is 22.8. The predicted octanol–water partition coefficient (Wildman–Crippen LogP) is 1.37. The van der Waals surface area contributed by atoms with E-state index in [9.17, 15) is 9.59 Å². The lowest BCUT2D eigenvalue weighted by atomic mass is 10.2. The minimum Gasteiger partial charge on any atom is -0.481 e. The molecule has 1 unspecified atom stereocenters. The lowest BCUT2D eigenvalue weighted by Crippen LogP contribution is -2.46. The summed E-state index contributed by atoms with van der Waals surface area (Å²) in [5.74, 6) is -1.27. The van der Waals surface area contributed by atoms with Crippen LogP contribution in [0.4, 0.5) is 0 Å². The van der Waals surface area contributed by atoms with Gasteiger partial charge in [0.2, 0.25) is 0 Å². The van der Waals surface area contributed by atoms with Gasteiger partial charge in [0, 0.05) is 18.1 Å². The Kier molecular flexibility index (Phi) is 6.45. The summed E-state index contributed by atoms with van der Waals surface area (Å²) in [7, 11) is 0. The van der Waals surface area contributed by atoms with Crippen LogP contribution in [-0.2, 0) is 9.59 Å². The van der Waals surface area contributed by atoms with Crippen LogP contribution in [-0.4, -0.2) is 40.8 Å². The molecule has 1 rings (SSSR count). The van der Waals surface area contributed by atoms with E-state index in [2.05, 4.69) is 5.32 Å². The fraction of sp³-hybridized carbons (Fsp3) is 0.429. The molecule has 0 fully saturated rings. The number of rotatable bonds is 7. The third kappa shape index (κ3) is 5.24. The van der Waals surface area contributed by atoms with E-state index < -0.39 is 24.0 Å². The number of aliphatic hydroxyl groups is 1. The molecule has 21 heavy (non-hydrogen) atoms. The number of aliphatic hydroxyl groups excluding tert-OH is 1. The number of halogens is 1. The van der Waals surface area contributed by atoms with Crippen molar-refractivity contribution >= 4 is 23.5 Å². The molecule has 7 heteroatoms. The lowest BCUT2D eigenvalue weighted by molar-refractivity contribution is -0.143. The Morgan fingerprint density at radius 2 is 2.10 bits per heavy atom. The fourth-order valence-corrected chi connectivity index (χ4v) is 1.89. The van der Waals surface area contributed by atoms with Crippen LogP contribution < -0.4 is 10.1 Å². The van der Waals surface area contributed by atoms with Crippen LogP contribution in [0.2, 0.25) is 5.02 Å². The number of aliphatic carboxylic acids is 1. The number of ether oxygens (including phenoxy) is 1. The number of amides is 1. The van der Waals surface area contributed by atoms with Crippen molar-refractivity contribution < 1.29 is 24.5 Å². The van der Waals surface area contributed by atoms with E-state index in [1.54, 1.807) is 25.1 Å². The molecule has 0 aliphatic heterocycles. The summed E-state index contributed by atoms with van der Waals surface area (Å²) >= 11 is 5.83. The first-order valence-corrected chi connectivity index (χ1v) is 6.79. The number of aryl methyl sites for hydroxylation is 1. The highest BCUT2D eigenvalue weighted by Gasteiger charge is 2.23. The van der Waals surface area contributed by atoms with Crippen LogP contribution in [0.5, 0.6) is 5.75 Å². The summed E-state index contributed by atoms with van der Waals surface area (Å²) in [5, 5.41) is 20.6. The zero-order valence-electron chi connectivity index (χ0n) is 11.8. The number of carbonyl (C=O) groups is 2. The molecule has 0 heterocycles. The Bertz CT molecular complexity index is 520. The molecule has 2 atom stereocenters. The minimum absolute atomic E-state index is 0.0617. The van der Waals surface area contributed by atoms with Crippen LogP contribution in [0.3, 0.4) is 0 Å². The highest BCUT2D eigenvalue weighted by Crippen LogP contribution is 2.22. The quantitative estimate of drug-likeness (QED) is 0.706. The second kappa shape index (κ2) is 7.85. The fourth-order valence-electron chi connectivity index (χ4n) is 1.66. The average molecular weight is 316 g/mol. The van der Waals surface area contributed by atoms with Crippen molar-refractivity contribution in [2.45, 2.75) is 32.4 Å². The van der Waals surface area contributed by atoms with E-state index in [4.69, 9.17) is 26.6 Å². The minimum atomic E-state index is -1.20. The second-order valence-electron chi connectivity index (χ2n) is 4.58. The molecule has 0 aliphatic rings. The van der Waals surface area contributed by atoms with Crippen molar-refractivity contribution in [3.05, 3.63) is 28.8 Å². The largest absolute Gasteiger partial charge is 0.481 e. The molecule has 3 N–H and O–H groups in total. The molecule has 116 valence electrons. The number of hydrogen-bond donors (Lipinski definition) is 3. The smallest absolute Gasteiger partial charge is 0.326 e. The SMILES string of the molecule is Cc1cc(Cl)ccc1OC(C)C(=O)N[C@H](CCO)C(=O)O. The Morgan fingerprint density at radius 1 is 1.43 bits per heavy atom. The summed E-state index contributed by atoms with van der Waals surface area (Å²) in [6.45, 7) is 2.97. The van der Waals surface area contributed by atoms with E-state index in [0.717, 1.165) is 5.56 Å². The molecule has 0 aromatic heterocycles. The number of benzene rings is 1. The van der Waals surface area contributed by atoms with Gasteiger partial charge in [-0.2, -0.15) is 0 Å². The first-order chi connectivity index (χ1) is 9.85. The average Bonchev–Trinajstić information content (AvgIpc) is 2.41. The molecule has 1 amide bonds. The van der Waals surface area contributed by atoms with Crippen LogP contribution in [0.25, 0.3) is 0 Å². The zero-order chi connectivity index (χ0) is 16.0. The van der Waals surface area contributed by atoms with Gasteiger partial charge in [0.25, 0.3) is 5.91 Å². The monoisotopic (exact) mass is 315 g/mol. The molecule has 1 aromatic carbocycles. The van der Waals surface area contributed by atoms with Crippen molar-refractivity contribution in [1.29, 1.82) is 0 Å². The Hall–Kier alpha value is -1.79. The van der Waals surface area contributed by atoms with E-state index in [1.165, 1.54) is 6.92 Å². The lowest BCUT2D eigenvalue weighted by Gasteiger charge is -2.19. The number of carboxylic acid groups (broad SMARTS) is 1. The first kappa shape index (κ1) is 17.3. The molecule has 6 nitrogen and oxygen atoms in total. The standard InChI is InChI=1S/C14H18ClNO5/c1-8-7-10(15)3-4-12(8)21-9(2)13(18)16-11(5-6-17)14(19)20/h3-4,7,9,11,17H,5-6H2,1-2H3,(H,16,18)(H,19,20)/t9?,11-/m1/s1. The summed E-state index contributed by atoms with van der Waals surface area (Å²) in [5.41, 5.74) is 0.771. The molecule has 0 bridgehead atoms. The molecule has 0 saturated heterocycles. The summed E-state index contributed by atoms with van der Waals surface area (Å²) < 4.78 is 5.49. The molecule has 0 spiro atoms. The molecular formula is C14H18ClNO5. The van der Waals surface area contributed by atoms with Crippen molar-refractivity contribution in [3.8, 4) is 5.75 Å². The molecule has 0 aliphatic carbocycles. The highest BCUT2D eigenvalue weighted by atomic mass is 35.5. The van der Waals surface area contributed by atoms with Gasteiger partial charge in [-0.1, -0.05) is 11.6 Å². The maximum absolute atomic E-state index is 11.9. The van der Waals surface area contributed by atoms with Crippen LogP contribution in [0.1, 0.15) is 18.9 Å². The molecule has 0 saturated carbocycles. The van der Waals surface area contributed by atoms with E-state index in [-0.39, 0.29) is 13.0 Å². The van der Waals surface area contributed by atoms with Gasteiger partial charge in [-0.3, -0.25) is 4.79 Å². The highest BCUT2D eigenvalue weighted by molar-refractivity contribution is 6.30. The van der Waals surface area contributed by atoms with Gasteiger partial charge in [0.15, 0.2) is 6.10 Å². The third-order valence-electron chi connectivity index (χ3n) is 2.84. The molecule has 0 radical (unpaired) electrons. The third-order valence-corrected chi connectivity index (χ3v) is 3.08. The maximum Gasteiger partial charge on any atom is 0.326 e. The van der Waals surface area contributed by atoms with E-state index >= 15 is 0 Å². The van der Waals surface area contributed by atoms with Crippen LogP contribution in [0.15, 0.2) is 18.2 Å². The first-order valence-electron chi connectivity index (χ1n) is 6.42. The topological polar surface area (TPSA) is 95.9 Å². The van der Waals surface area contributed by atoms with Gasteiger partial charge < -0.3 is 20.3 Å². The molecule has 1 aromatic rings. The second-order valence-corrected chi connectivity index (χ2v) is 5.02. The van der Waals surface area contributed by atoms with Gasteiger partial charge in [-0.25, -0.2) is 4.79 Å². The zero-order valence-corrected chi connectivity index (χ0v) is 12.6. The number of nitrogens with one attached hydrogen (secondary N) is 1. The number of carbonyl (C=O) groups excluding carboxylic acids is 1. The number of carboxylic acids is 1. The van der Waals surface area contributed by atoms with Gasteiger partial charge in [-0.05, 0) is 37.6 Å². The van der Waals surface area contributed by atoms with Crippen molar-refractivity contribution in [2.24, 2.45) is 0 Å². The van der Waals surface area contributed by atoms with E-state index in [0.29, 0.717) is 10.8 Å². The summed E-state index contributed by atoms with van der Waals surface area (Å²) in [6, 6.07) is 3.84. The van der Waals surface area contributed by atoms with Crippen LogP contribution in [0, 0.1) is 6.92 Å². The predicted molar refractivity (Wildman–Crippen MR) is 77.5 cm³/mol. The maximum atomic E-state index is 11.9. The van der Waals surface area contributed by atoms with Gasteiger partial charge >= 0.3 is 5.97 Å². The van der Waals surface area contributed by atoms with Gasteiger partial charge in [-0.15, -0.1) is 0 Å². The number of hydrogen-bond acceptors (Lipinski definition) is 4. The normalized spacial score (nSPS) is 13.3. The van der Waals surface area contributed by atoms with Crippen molar-refractivity contribution in [3.63, 3.8) is 0 Å². The van der Waals surface area contributed by atoms with Crippen molar-refractivity contribution in [1.82, 2.24) is 5.32 Å². The molecular weight excluding hydrogens is 298 g/mol. The Morgan fingerprint density at radius 3 is 2.62 bits per heavy atom. The van der Waals surface area contributed by atoms with Crippen LogP contribution >= 0.6 is 11.6 Å². The Balaban J connectivity index is 2.67. The van der Waals surface area contributed by atoms with Gasteiger partial charge in [0.1, 0.15) is 11.8 Å². The van der Waals surface area contributed by atoms with Crippen molar-refractivity contribution in [2.75, 3.05) is 6.61 Å².